The fourth-order valence-electron chi connectivity index (χ4n) is 1.71. The van der Waals surface area contributed by atoms with Gasteiger partial charge in [0.1, 0.15) is 10.6 Å². The number of aryl methyl sites for hydroxylation is 1. The lowest BCUT2D eigenvalue weighted by Crippen LogP contribution is -2.23. The van der Waals surface area contributed by atoms with Gasteiger partial charge in [-0.25, -0.2) is 22.9 Å². The minimum atomic E-state index is -3.76. The van der Waals surface area contributed by atoms with E-state index in [1.54, 1.807) is 6.92 Å². The van der Waals surface area contributed by atoms with Crippen LogP contribution in [0.3, 0.4) is 0 Å². The quantitative estimate of drug-likeness (QED) is 0.714. The van der Waals surface area contributed by atoms with E-state index in [2.05, 4.69) is 14.7 Å². The lowest BCUT2D eigenvalue weighted by molar-refractivity contribution is 0.0685. The zero-order chi connectivity index (χ0) is 14.8. The van der Waals surface area contributed by atoms with Gasteiger partial charge in [-0.1, -0.05) is 0 Å². The molecule has 3 N–H and O–H groups in total. The first-order valence-electron chi connectivity index (χ1n) is 5.84. The van der Waals surface area contributed by atoms with Gasteiger partial charge in [-0.05, 0) is 13.0 Å². The van der Waals surface area contributed by atoms with Crippen LogP contribution in [0.4, 0.5) is 0 Å². The van der Waals surface area contributed by atoms with Crippen molar-refractivity contribution in [2.75, 3.05) is 0 Å². The second-order valence-electron chi connectivity index (χ2n) is 4.05. The molecule has 2 heterocycles. The second kappa shape index (κ2) is 5.47. The molecule has 9 heteroatoms. The Labute approximate surface area is 115 Å². The number of carbonyl (C=O) groups is 1. The Morgan fingerprint density at radius 3 is 2.80 bits per heavy atom. The minimum Gasteiger partial charge on any atom is -0.477 e. The smallest absolute Gasteiger partial charge is 0.352 e. The molecular formula is C11H14N4O4S. The summed E-state index contributed by atoms with van der Waals surface area (Å²) in [5.74, 6) is -1.16. The molecule has 0 saturated heterocycles. The maximum Gasteiger partial charge on any atom is 0.352 e. The summed E-state index contributed by atoms with van der Waals surface area (Å²) in [4.78, 5) is 17.5. The molecule has 0 unspecified atom stereocenters. The number of carboxylic acid groups (broad SMARTS) is 1. The molecule has 0 fully saturated rings. The molecule has 0 amide bonds. The molecule has 108 valence electrons. The van der Waals surface area contributed by atoms with E-state index < -0.39 is 16.0 Å². The Bertz CT molecular complexity index is 703. The number of hydrogen-bond acceptors (Lipinski definition) is 4. The first-order valence-corrected chi connectivity index (χ1v) is 7.32. The third-order valence-corrected chi connectivity index (χ3v) is 4.12. The number of nitrogens with zero attached hydrogens (tertiary/aromatic N) is 2. The molecule has 0 aliphatic heterocycles. The van der Waals surface area contributed by atoms with Crippen molar-refractivity contribution in [3.8, 4) is 0 Å². The third kappa shape index (κ3) is 2.89. The number of rotatable bonds is 6. The van der Waals surface area contributed by atoms with Gasteiger partial charge in [-0.2, -0.15) is 0 Å². The molecule has 0 spiro atoms. The molecule has 0 bridgehead atoms. The first-order chi connectivity index (χ1) is 9.44. The van der Waals surface area contributed by atoms with Crippen LogP contribution in [-0.2, 0) is 23.1 Å². The zero-order valence-corrected chi connectivity index (χ0v) is 11.5. The number of aromatic carboxylic acids is 1. The molecule has 0 saturated carbocycles. The Morgan fingerprint density at radius 2 is 2.30 bits per heavy atom. The predicted octanol–water partition coefficient (Wildman–Crippen LogP) is 0.408. The summed E-state index contributed by atoms with van der Waals surface area (Å²) in [5, 5.41) is 9.01. The lowest BCUT2D eigenvalue weighted by atomic mass is 10.4. The highest BCUT2D eigenvalue weighted by atomic mass is 32.2. The molecule has 0 aliphatic carbocycles. The number of nitrogens with one attached hydrogen (secondary N) is 2. The number of aromatic amines is 1. The fourth-order valence-corrected chi connectivity index (χ4v) is 2.75. The summed E-state index contributed by atoms with van der Waals surface area (Å²) in [5.41, 5.74) is 0.552. The third-order valence-electron chi connectivity index (χ3n) is 2.75. The van der Waals surface area contributed by atoms with Crippen LogP contribution in [0, 0.1) is 0 Å². The van der Waals surface area contributed by atoms with E-state index in [-0.39, 0.29) is 17.1 Å². The first kappa shape index (κ1) is 14.3. The Hall–Kier alpha value is -2.13. The highest BCUT2D eigenvalue weighted by molar-refractivity contribution is 7.89. The summed E-state index contributed by atoms with van der Waals surface area (Å²) in [6.45, 7) is 2.17. The highest BCUT2D eigenvalue weighted by Crippen LogP contribution is 2.15. The molecule has 2 aromatic rings. The van der Waals surface area contributed by atoms with Crippen molar-refractivity contribution in [1.29, 1.82) is 0 Å². The van der Waals surface area contributed by atoms with E-state index in [1.807, 2.05) is 0 Å². The van der Waals surface area contributed by atoms with Crippen LogP contribution < -0.4 is 4.72 Å². The van der Waals surface area contributed by atoms with Crippen molar-refractivity contribution in [3.05, 3.63) is 36.2 Å². The summed E-state index contributed by atoms with van der Waals surface area (Å²) in [7, 11) is -3.76. The van der Waals surface area contributed by atoms with Crippen molar-refractivity contribution in [2.45, 2.75) is 24.9 Å². The zero-order valence-electron chi connectivity index (χ0n) is 10.7. The van der Waals surface area contributed by atoms with Crippen molar-refractivity contribution in [3.63, 3.8) is 0 Å². The van der Waals surface area contributed by atoms with Gasteiger partial charge in [-0.15, -0.1) is 0 Å². The van der Waals surface area contributed by atoms with Gasteiger partial charge in [-0.3, -0.25) is 0 Å². The maximum absolute atomic E-state index is 12.1. The van der Waals surface area contributed by atoms with Gasteiger partial charge in [0, 0.05) is 24.6 Å². The fraction of sp³-hybridized carbons (Fsp3) is 0.273. The molecule has 8 nitrogen and oxygen atoms in total. The highest BCUT2D eigenvalue weighted by Gasteiger charge is 2.20. The Balaban J connectivity index is 2.23. The average molecular weight is 298 g/mol. The predicted molar refractivity (Wildman–Crippen MR) is 69.7 cm³/mol. The van der Waals surface area contributed by atoms with Crippen molar-refractivity contribution < 1.29 is 18.3 Å². The molecule has 2 aromatic heterocycles. The molecular weight excluding hydrogens is 284 g/mol. The Morgan fingerprint density at radius 1 is 1.55 bits per heavy atom. The number of H-pyrrole nitrogens is 1. The van der Waals surface area contributed by atoms with E-state index in [0.717, 1.165) is 6.07 Å². The number of imidazole rings is 1. The number of aromatic nitrogens is 3. The van der Waals surface area contributed by atoms with Crippen LogP contribution in [0.25, 0.3) is 0 Å². The number of sulfonamides is 1. The van der Waals surface area contributed by atoms with Crippen molar-refractivity contribution >= 4 is 16.0 Å². The van der Waals surface area contributed by atoms with E-state index in [1.165, 1.54) is 23.3 Å². The normalized spacial score (nSPS) is 11.7. The number of hydrogen-bond donors (Lipinski definition) is 3. The van der Waals surface area contributed by atoms with Gasteiger partial charge in [0.15, 0.2) is 0 Å². The number of carboxylic acids is 1. The van der Waals surface area contributed by atoms with Crippen LogP contribution in [0.5, 0.6) is 0 Å². The van der Waals surface area contributed by atoms with Crippen LogP contribution in [-0.4, -0.2) is 34.0 Å². The van der Waals surface area contributed by atoms with Gasteiger partial charge in [0.05, 0.1) is 12.9 Å². The summed E-state index contributed by atoms with van der Waals surface area (Å²) in [6, 6.07) is 1.14. The van der Waals surface area contributed by atoms with E-state index in [4.69, 9.17) is 5.11 Å². The van der Waals surface area contributed by atoms with Crippen LogP contribution in [0.2, 0.25) is 0 Å². The average Bonchev–Trinajstić information content (AvgIpc) is 3.05. The van der Waals surface area contributed by atoms with Crippen molar-refractivity contribution in [1.82, 2.24) is 19.3 Å². The second-order valence-corrected chi connectivity index (χ2v) is 5.82. The standard InChI is InChI=1S/C11H14N4O4S/c1-2-15-6-9(3-10(15)11(16)17)20(18,19)14-5-8-4-12-7-13-8/h3-4,6-7,14H,2,5H2,1H3,(H,12,13)(H,16,17). The minimum absolute atomic E-state index is 0.0576. The molecule has 0 atom stereocenters. The Kier molecular flexibility index (Phi) is 3.91. The molecule has 2 rings (SSSR count). The lowest BCUT2D eigenvalue weighted by Gasteiger charge is -2.03. The van der Waals surface area contributed by atoms with Gasteiger partial charge < -0.3 is 14.7 Å². The summed E-state index contributed by atoms with van der Waals surface area (Å²) >= 11 is 0. The van der Waals surface area contributed by atoms with Crippen LogP contribution in [0.15, 0.2) is 29.7 Å². The SMILES string of the molecule is CCn1cc(S(=O)(=O)NCc2cnc[nH]2)cc1C(=O)O. The van der Waals surface area contributed by atoms with E-state index >= 15 is 0 Å². The summed E-state index contributed by atoms with van der Waals surface area (Å²) < 4.78 is 27.9. The summed E-state index contributed by atoms with van der Waals surface area (Å²) in [6.07, 6.45) is 4.25. The van der Waals surface area contributed by atoms with E-state index in [0.29, 0.717) is 12.2 Å². The van der Waals surface area contributed by atoms with E-state index in [9.17, 15) is 13.2 Å². The molecule has 0 aromatic carbocycles. The van der Waals surface area contributed by atoms with Crippen LogP contribution in [0.1, 0.15) is 23.1 Å². The van der Waals surface area contributed by atoms with Crippen LogP contribution >= 0.6 is 0 Å². The van der Waals surface area contributed by atoms with Crippen molar-refractivity contribution in [2.24, 2.45) is 0 Å². The molecule has 0 aliphatic rings. The topological polar surface area (TPSA) is 117 Å². The monoisotopic (exact) mass is 298 g/mol. The largest absolute Gasteiger partial charge is 0.477 e. The molecule has 0 radical (unpaired) electrons. The van der Waals surface area contributed by atoms with Gasteiger partial charge in [0.25, 0.3) is 0 Å². The maximum atomic E-state index is 12.1. The molecule has 20 heavy (non-hydrogen) atoms. The van der Waals surface area contributed by atoms with Gasteiger partial charge >= 0.3 is 5.97 Å². The van der Waals surface area contributed by atoms with Gasteiger partial charge in [0.2, 0.25) is 10.0 Å².